The fraction of sp³-hybridized carbons (Fsp3) is 0.571. The molecule has 1 aliphatic rings. The van der Waals surface area contributed by atoms with Gasteiger partial charge in [0, 0.05) is 0 Å². The van der Waals surface area contributed by atoms with Crippen molar-refractivity contribution in [2.45, 2.75) is 52.5 Å². The van der Waals surface area contributed by atoms with E-state index in [1.54, 1.807) is 28.2 Å². The third-order valence-corrected chi connectivity index (χ3v) is 3.32. The number of aliphatic hydroxyl groups is 1. The maximum atomic E-state index is 9.53. The molecule has 0 amide bonds. The van der Waals surface area contributed by atoms with Crippen molar-refractivity contribution >= 4 is 14.6 Å². The lowest BCUT2D eigenvalue weighted by atomic mass is 9.87. The van der Waals surface area contributed by atoms with Crippen LogP contribution in [-0.2, 0) is 4.65 Å². The van der Waals surface area contributed by atoms with Gasteiger partial charge in [-0.1, -0.05) is 19.0 Å². The van der Waals surface area contributed by atoms with Gasteiger partial charge in [-0.2, -0.15) is 0 Å². The maximum Gasteiger partial charge on any atom is 0.591 e. The van der Waals surface area contributed by atoms with Crippen LogP contribution in [0.15, 0.2) is 24.3 Å². The molecule has 0 spiro atoms. The second kappa shape index (κ2) is 6.55. The van der Waals surface area contributed by atoms with E-state index >= 15 is 0 Å². The first-order valence-electron chi connectivity index (χ1n) is 6.78. The summed E-state index contributed by atoms with van der Waals surface area (Å²) < 4.78 is 15.8. The summed E-state index contributed by atoms with van der Waals surface area (Å²) in [5, 5.41) is 9.53. The highest BCUT2D eigenvalue weighted by Crippen LogP contribution is 2.32. The van der Waals surface area contributed by atoms with Crippen LogP contribution < -0.4 is 9.31 Å². The Morgan fingerprint density at radius 2 is 1.55 bits per heavy atom. The first-order valence-corrected chi connectivity index (χ1v) is 6.78. The Bertz CT molecular complexity index is 404. The van der Waals surface area contributed by atoms with Crippen molar-refractivity contribution in [1.82, 2.24) is 0 Å². The Morgan fingerprint density at radius 3 is 1.85 bits per heavy atom. The van der Waals surface area contributed by atoms with Crippen LogP contribution >= 0.6 is 0 Å². The largest absolute Gasteiger partial charge is 0.591 e. The molecule has 0 aromatic heterocycles. The van der Waals surface area contributed by atoms with Crippen LogP contribution in [0.25, 0.3) is 0 Å². The summed E-state index contributed by atoms with van der Waals surface area (Å²) in [6.07, 6.45) is 0. The molecule has 0 atom stereocenters. The molecule has 1 radical (unpaired) electrons. The molecule has 20 heavy (non-hydrogen) atoms. The van der Waals surface area contributed by atoms with Gasteiger partial charge >= 0.3 is 7.12 Å². The zero-order chi connectivity index (χ0) is 15.4. The van der Waals surface area contributed by atoms with Crippen LogP contribution in [0.1, 0.15) is 27.7 Å². The topological polar surface area (TPSA) is 47.9 Å². The van der Waals surface area contributed by atoms with E-state index in [0.717, 1.165) is 11.5 Å². The van der Waals surface area contributed by atoms with E-state index in [1.165, 1.54) is 0 Å². The first kappa shape index (κ1) is 16.9. The Morgan fingerprint density at radius 1 is 1.10 bits per heavy atom. The molecular formula is C14H23B2O4. The Hall–Kier alpha value is -1.13. The third-order valence-electron chi connectivity index (χ3n) is 3.32. The molecule has 4 nitrogen and oxygen atoms in total. The van der Waals surface area contributed by atoms with Crippen LogP contribution in [0, 0.1) is 0 Å². The fourth-order valence-electron chi connectivity index (χ4n) is 1.47. The van der Waals surface area contributed by atoms with Crippen LogP contribution in [0.3, 0.4) is 0 Å². The van der Waals surface area contributed by atoms with E-state index in [4.69, 9.17) is 14.0 Å². The van der Waals surface area contributed by atoms with Crippen molar-refractivity contribution in [3.8, 4) is 11.5 Å². The molecule has 1 aliphatic heterocycles. The van der Waals surface area contributed by atoms with Crippen molar-refractivity contribution in [1.29, 1.82) is 0 Å². The van der Waals surface area contributed by atoms with Crippen LogP contribution in [0.2, 0.25) is 13.6 Å². The average molecular weight is 277 g/mol. The predicted octanol–water partition coefficient (Wildman–Crippen LogP) is 2.80. The van der Waals surface area contributed by atoms with E-state index in [9.17, 15) is 5.11 Å². The van der Waals surface area contributed by atoms with Crippen molar-refractivity contribution in [2.75, 3.05) is 0 Å². The zero-order valence-corrected chi connectivity index (χ0v) is 13.1. The van der Waals surface area contributed by atoms with Gasteiger partial charge in [0.05, 0.1) is 11.2 Å². The van der Waals surface area contributed by atoms with Gasteiger partial charge in [-0.25, -0.2) is 0 Å². The highest BCUT2D eigenvalue weighted by molar-refractivity contribution is 6.45. The van der Waals surface area contributed by atoms with Crippen LogP contribution in [0.5, 0.6) is 11.5 Å². The average Bonchev–Trinajstić information content (AvgIpc) is 2.68. The molecule has 2 rings (SSSR count). The van der Waals surface area contributed by atoms with Crippen molar-refractivity contribution in [3.63, 3.8) is 0 Å². The Kier molecular flexibility index (Phi) is 5.54. The molecule has 1 N–H and O–H groups in total. The van der Waals surface area contributed by atoms with Gasteiger partial charge in [0.1, 0.15) is 11.5 Å². The normalized spacial score (nSPS) is 13.7. The molecule has 1 aromatic rings. The summed E-state index contributed by atoms with van der Waals surface area (Å²) in [6, 6.07) is 7.66. The smallest absolute Gasteiger partial charge is 0.523 e. The number of rotatable bonds is 3. The van der Waals surface area contributed by atoms with Gasteiger partial charge in [-0.3, -0.25) is 0 Å². The molecule has 109 valence electrons. The van der Waals surface area contributed by atoms with Crippen molar-refractivity contribution < 1.29 is 19.1 Å². The first-order chi connectivity index (χ1) is 9.17. The molecule has 1 aromatic carbocycles. The molecule has 6 heteroatoms. The lowest BCUT2D eigenvalue weighted by Crippen LogP contribution is -2.47. The Balaban J connectivity index is 0.000000200. The van der Waals surface area contributed by atoms with Gasteiger partial charge in [0.2, 0.25) is 0 Å². The monoisotopic (exact) mass is 277 g/mol. The van der Waals surface area contributed by atoms with E-state index in [-0.39, 0.29) is 7.12 Å². The SMILES string of the molecule is CB1Oc2ccccc2O1.C[B]OC(C)(C)C(C)(C)O. The van der Waals surface area contributed by atoms with Crippen molar-refractivity contribution in [3.05, 3.63) is 24.3 Å². The summed E-state index contributed by atoms with van der Waals surface area (Å²) in [7, 11) is 1.47. The maximum absolute atomic E-state index is 9.53. The highest BCUT2D eigenvalue weighted by Gasteiger charge is 2.34. The molecule has 0 bridgehead atoms. The lowest BCUT2D eigenvalue weighted by Gasteiger charge is -2.37. The number of hydrogen-bond donors (Lipinski definition) is 1. The summed E-state index contributed by atoms with van der Waals surface area (Å²) in [6.45, 7) is 10.8. The predicted molar refractivity (Wildman–Crippen MR) is 82.4 cm³/mol. The lowest BCUT2D eigenvalue weighted by molar-refractivity contribution is -0.0899. The number of para-hydroxylation sites is 2. The summed E-state index contributed by atoms with van der Waals surface area (Å²) in [5.74, 6) is 1.69. The molecule has 0 saturated carbocycles. The minimum atomic E-state index is -0.806. The van der Waals surface area contributed by atoms with E-state index in [1.807, 2.05) is 44.9 Å². The zero-order valence-electron chi connectivity index (χ0n) is 13.1. The second-order valence-corrected chi connectivity index (χ2v) is 5.67. The van der Waals surface area contributed by atoms with E-state index in [0.29, 0.717) is 0 Å². The summed E-state index contributed by atoms with van der Waals surface area (Å²) in [5.41, 5.74) is -1.32. The summed E-state index contributed by atoms with van der Waals surface area (Å²) >= 11 is 0. The number of fused-ring (bicyclic) bond motifs is 1. The quantitative estimate of drug-likeness (QED) is 0.863. The van der Waals surface area contributed by atoms with Gasteiger partial charge in [-0.05, 0) is 46.7 Å². The standard InChI is InChI=1S/C7H7BO2.C7H16BO2/c1-8-9-6-4-2-3-5-7(6)10-8;1-6(2,9)7(3,4)10-8-5/h2-5H,1H3;9H,1-5H3. The van der Waals surface area contributed by atoms with E-state index in [2.05, 4.69) is 0 Å². The molecular weight excluding hydrogens is 254 g/mol. The van der Waals surface area contributed by atoms with Gasteiger partial charge in [0.15, 0.2) is 0 Å². The number of hydrogen-bond acceptors (Lipinski definition) is 4. The van der Waals surface area contributed by atoms with Crippen LogP contribution in [0.4, 0.5) is 0 Å². The Labute approximate surface area is 122 Å². The highest BCUT2D eigenvalue weighted by atomic mass is 16.6. The van der Waals surface area contributed by atoms with Gasteiger partial charge < -0.3 is 19.1 Å². The molecule has 0 fully saturated rings. The summed E-state index contributed by atoms with van der Waals surface area (Å²) in [4.78, 5) is 0. The minimum Gasteiger partial charge on any atom is -0.523 e. The third kappa shape index (κ3) is 4.46. The minimum absolute atomic E-state index is 0.127. The van der Waals surface area contributed by atoms with Gasteiger partial charge in [0.25, 0.3) is 7.48 Å². The number of benzene rings is 1. The van der Waals surface area contributed by atoms with E-state index < -0.39 is 11.2 Å². The molecule has 0 saturated heterocycles. The second-order valence-electron chi connectivity index (χ2n) is 5.67. The molecule has 0 unspecified atom stereocenters. The van der Waals surface area contributed by atoms with Gasteiger partial charge in [-0.15, -0.1) is 0 Å². The molecule has 1 heterocycles. The van der Waals surface area contributed by atoms with Crippen molar-refractivity contribution in [2.24, 2.45) is 0 Å². The molecule has 0 aliphatic carbocycles. The fourth-order valence-corrected chi connectivity index (χ4v) is 1.47. The van der Waals surface area contributed by atoms with Crippen LogP contribution in [-0.4, -0.2) is 30.9 Å².